The number of rotatable bonds is 1. The van der Waals surface area contributed by atoms with Gasteiger partial charge in [0.2, 0.25) is 0 Å². The average molecular weight is 249 g/mol. The van der Waals surface area contributed by atoms with Crippen LogP contribution in [-0.2, 0) is 17.0 Å². The van der Waals surface area contributed by atoms with Crippen molar-refractivity contribution in [3.05, 3.63) is 22.3 Å². The average Bonchev–Trinajstić information content (AvgIpc) is 1.87. The van der Waals surface area contributed by atoms with Crippen LogP contribution in [0.4, 0.5) is 0 Å². The molecule has 0 radical (unpaired) electrons. The summed E-state index contributed by atoms with van der Waals surface area (Å²) in [4.78, 5) is 0. The van der Waals surface area contributed by atoms with E-state index < -0.39 is 0 Å². The SMILES string of the molecule is [Cl][Pd][C]1=CC=CCCCC1. The fourth-order valence-electron chi connectivity index (χ4n) is 0.941. The van der Waals surface area contributed by atoms with E-state index in [0.717, 1.165) is 0 Å². The molecule has 0 fully saturated rings. The third-order valence-electron chi connectivity index (χ3n) is 1.50. The second-order valence-electron chi connectivity index (χ2n) is 2.31. The Morgan fingerprint density at radius 1 is 1.40 bits per heavy atom. The van der Waals surface area contributed by atoms with Gasteiger partial charge in [0.15, 0.2) is 0 Å². The van der Waals surface area contributed by atoms with Gasteiger partial charge in [0.25, 0.3) is 0 Å². The summed E-state index contributed by atoms with van der Waals surface area (Å²) in [6, 6.07) is 0. The topological polar surface area (TPSA) is 0 Å². The molecule has 0 atom stereocenters. The minimum absolute atomic E-state index is 0.308. The molecule has 1 rings (SSSR count). The Morgan fingerprint density at radius 2 is 2.30 bits per heavy atom. The first kappa shape index (κ1) is 8.53. The van der Waals surface area contributed by atoms with E-state index >= 15 is 0 Å². The molecule has 0 spiro atoms. The van der Waals surface area contributed by atoms with Gasteiger partial charge >= 0.3 is 74.4 Å². The van der Waals surface area contributed by atoms with E-state index in [2.05, 4.69) is 18.2 Å². The van der Waals surface area contributed by atoms with Gasteiger partial charge in [-0.15, -0.1) is 0 Å². The van der Waals surface area contributed by atoms with E-state index in [0.29, 0.717) is 17.0 Å². The van der Waals surface area contributed by atoms with Crippen LogP contribution in [0.2, 0.25) is 0 Å². The monoisotopic (exact) mass is 248 g/mol. The predicted molar refractivity (Wildman–Crippen MR) is 41.5 cm³/mol. The molecule has 0 aromatic rings. The fraction of sp³-hybridized carbons (Fsp3) is 0.500. The van der Waals surface area contributed by atoms with Crippen molar-refractivity contribution in [2.24, 2.45) is 0 Å². The molecule has 0 amide bonds. The van der Waals surface area contributed by atoms with Crippen LogP contribution in [-0.4, -0.2) is 0 Å². The van der Waals surface area contributed by atoms with Crippen LogP contribution >= 0.6 is 9.53 Å². The summed E-state index contributed by atoms with van der Waals surface area (Å²) in [5.41, 5.74) is 0. The number of hydrogen-bond donors (Lipinski definition) is 0. The summed E-state index contributed by atoms with van der Waals surface area (Å²) in [7, 11) is 5.75. The Bertz CT molecular complexity index is 149. The molecule has 0 heterocycles. The summed E-state index contributed by atoms with van der Waals surface area (Å²) < 4.78 is 1.42. The Labute approximate surface area is 74.5 Å². The summed E-state index contributed by atoms with van der Waals surface area (Å²) in [6.45, 7) is 0. The zero-order valence-electron chi connectivity index (χ0n) is 5.75. The Kier molecular flexibility index (Phi) is 4.38. The molecule has 0 aromatic heterocycles. The van der Waals surface area contributed by atoms with Crippen molar-refractivity contribution in [1.82, 2.24) is 0 Å². The first-order valence-electron chi connectivity index (χ1n) is 3.49. The van der Waals surface area contributed by atoms with Gasteiger partial charge in [0, 0.05) is 0 Å². The van der Waals surface area contributed by atoms with Crippen LogP contribution in [0.3, 0.4) is 0 Å². The van der Waals surface area contributed by atoms with E-state index in [9.17, 15) is 0 Å². The zero-order valence-corrected chi connectivity index (χ0v) is 8.07. The molecule has 0 N–H and O–H groups in total. The van der Waals surface area contributed by atoms with Crippen molar-refractivity contribution in [1.29, 1.82) is 0 Å². The van der Waals surface area contributed by atoms with Crippen LogP contribution in [0.25, 0.3) is 0 Å². The molecule has 1 aliphatic rings. The predicted octanol–water partition coefficient (Wildman–Crippen LogP) is 3.24. The van der Waals surface area contributed by atoms with Gasteiger partial charge in [0.1, 0.15) is 0 Å². The van der Waals surface area contributed by atoms with Crippen LogP contribution in [0.5, 0.6) is 0 Å². The summed E-state index contributed by atoms with van der Waals surface area (Å²) >= 11 is 0.308. The third kappa shape index (κ3) is 3.01. The van der Waals surface area contributed by atoms with Gasteiger partial charge in [-0.1, -0.05) is 0 Å². The van der Waals surface area contributed by atoms with E-state index in [1.807, 2.05) is 0 Å². The van der Waals surface area contributed by atoms with Gasteiger partial charge < -0.3 is 0 Å². The standard InChI is InChI=1S/C8H11.ClH.Pd/c1-2-4-6-8-7-5-3-1;;/h1-3H,4,6-8H2;1H;/q;;+1/p-1. The second-order valence-corrected chi connectivity index (χ2v) is 4.31. The molecular formula is C8H11ClPd. The van der Waals surface area contributed by atoms with E-state index in [1.54, 1.807) is 0 Å². The quantitative estimate of drug-likeness (QED) is 0.626. The Hall–Kier alpha value is 0.432. The Balaban J connectivity index is 2.49. The third-order valence-corrected chi connectivity index (χ3v) is 3.43. The normalized spacial score (nSPS) is 19.9. The molecule has 10 heavy (non-hydrogen) atoms. The molecule has 0 saturated heterocycles. The summed E-state index contributed by atoms with van der Waals surface area (Å²) in [6.07, 6.45) is 11.6. The van der Waals surface area contributed by atoms with Crippen LogP contribution < -0.4 is 0 Å². The molecule has 1 aliphatic carbocycles. The molecule has 0 aliphatic heterocycles. The van der Waals surface area contributed by atoms with Gasteiger partial charge in [-0.25, -0.2) is 0 Å². The first-order valence-corrected chi connectivity index (χ1v) is 6.27. The number of halogens is 1. The zero-order chi connectivity index (χ0) is 7.23. The number of hydrogen-bond acceptors (Lipinski definition) is 0. The van der Waals surface area contributed by atoms with Crippen molar-refractivity contribution in [2.75, 3.05) is 0 Å². The van der Waals surface area contributed by atoms with Gasteiger partial charge in [-0.3, -0.25) is 0 Å². The van der Waals surface area contributed by atoms with Gasteiger partial charge in [-0.2, -0.15) is 0 Å². The molecule has 0 nitrogen and oxygen atoms in total. The number of allylic oxidation sites excluding steroid dienone is 4. The molecular weight excluding hydrogens is 238 g/mol. The van der Waals surface area contributed by atoms with Crippen molar-refractivity contribution < 1.29 is 17.0 Å². The van der Waals surface area contributed by atoms with Gasteiger partial charge in [-0.05, 0) is 0 Å². The molecule has 0 unspecified atom stereocenters. The van der Waals surface area contributed by atoms with E-state index in [1.165, 1.54) is 29.7 Å². The molecule has 60 valence electrons. The van der Waals surface area contributed by atoms with Crippen molar-refractivity contribution in [2.45, 2.75) is 25.7 Å². The first-order chi connectivity index (χ1) is 4.93. The Morgan fingerprint density at radius 3 is 3.10 bits per heavy atom. The van der Waals surface area contributed by atoms with Crippen LogP contribution in [0.15, 0.2) is 22.3 Å². The molecule has 2 heteroatoms. The summed E-state index contributed by atoms with van der Waals surface area (Å²) in [5.74, 6) is 0. The van der Waals surface area contributed by atoms with E-state index in [4.69, 9.17) is 9.53 Å². The molecule has 0 bridgehead atoms. The summed E-state index contributed by atoms with van der Waals surface area (Å²) in [5, 5.41) is 0. The fourth-order valence-corrected chi connectivity index (χ4v) is 2.20. The second kappa shape index (κ2) is 5.13. The van der Waals surface area contributed by atoms with Crippen molar-refractivity contribution in [3.8, 4) is 0 Å². The van der Waals surface area contributed by atoms with Crippen LogP contribution in [0, 0.1) is 0 Å². The minimum atomic E-state index is 0.308. The molecule has 0 aromatic carbocycles. The van der Waals surface area contributed by atoms with Gasteiger partial charge in [0.05, 0.1) is 0 Å². The molecule has 0 saturated carbocycles. The van der Waals surface area contributed by atoms with Crippen LogP contribution in [0.1, 0.15) is 25.7 Å². The maximum atomic E-state index is 5.75. The van der Waals surface area contributed by atoms with Crippen molar-refractivity contribution in [3.63, 3.8) is 0 Å². The van der Waals surface area contributed by atoms with E-state index in [-0.39, 0.29) is 0 Å². The maximum absolute atomic E-state index is 5.75. The van der Waals surface area contributed by atoms with Crippen molar-refractivity contribution >= 4 is 9.53 Å².